The highest BCUT2D eigenvalue weighted by atomic mass is 32.1. The molecule has 0 unspecified atom stereocenters. The Morgan fingerprint density at radius 2 is 1.44 bits per heavy atom. The van der Waals surface area contributed by atoms with Gasteiger partial charge in [0.1, 0.15) is 11.5 Å². The minimum Gasteiger partial charge on any atom is -0.493 e. The van der Waals surface area contributed by atoms with Crippen molar-refractivity contribution in [3.05, 3.63) is 84.1 Å². The molecule has 0 fully saturated rings. The first-order valence-electron chi connectivity index (χ1n) is 11.4. The molecule has 1 heterocycles. The fourth-order valence-electron chi connectivity index (χ4n) is 3.96. The van der Waals surface area contributed by atoms with Crippen molar-refractivity contribution in [3.63, 3.8) is 0 Å². The van der Waals surface area contributed by atoms with Crippen molar-refractivity contribution in [2.24, 2.45) is 0 Å². The van der Waals surface area contributed by atoms with Crippen LogP contribution < -0.4 is 18.9 Å². The van der Waals surface area contributed by atoms with E-state index >= 15 is 0 Å². The van der Waals surface area contributed by atoms with Gasteiger partial charge < -0.3 is 18.9 Å². The second-order valence-corrected chi connectivity index (χ2v) is 8.79. The average Bonchev–Trinajstić information content (AvgIpc) is 2.89. The molecule has 0 aliphatic rings. The van der Waals surface area contributed by atoms with Crippen molar-refractivity contribution in [2.75, 3.05) is 21.3 Å². The zero-order valence-corrected chi connectivity index (χ0v) is 21.3. The largest absolute Gasteiger partial charge is 0.493 e. The lowest BCUT2D eigenvalue weighted by molar-refractivity contribution is -0.117. The summed E-state index contributed by atoms with van der Waals surface area (Å²) in [5.74, 6) is 3.00. The number of thiocarbonyl (C=S) groups is 1. The van der Waals surface area contributed by atoms with Crippen LogP contribution in [-0.4, -0.2) is 37.0 Å². The molecular weight excluding hydrogens is 474 g/mol. The number of hydrogen-bond donors (Lipinski definition) is 0. The number of ether oxygens (including phenoxy) is 4. The number of pyridine rings is 1. The van der Waals surface area contributed by atoms with E-state index in [0.717, 1.165) is 16.5 Å². The van der Waals surface area contributed by atoms with E-state index in [-0.39, 0.29) is 12.2 Å². The van der Waals surface area contributed by atoms with E-state index in [2.05, 4.69) is 4.98 Å². The summed E-state index contributed by atoms with van der Waals surface area (Å²) in [5.41, 5.74) is 2.65. The summed E-state index contributed by atoms with van der Waals surface area (Å²) < 4.78 is 22.6. The van der Waals surface area contributed by atoms with Gasteiger partial charge in [0.05, 0.1) is 26.8 Å². The molecule has 0 spiro atoms. The third-order valence-corrected chi connectivity index (χ3v) is 5.98. The summed E-state index contributed by atoms with van der Waals surface area (Å²) in [6.07, 6.45) is 2.82. The Balaban J connectivity index is 1.49. The van der Waals surface area contributed by atoms with Gasteiger partial charge in [-0.05, 0) is 35.4 Å². The van der Waals surface area contributed by atoms with Crippen molar-refractivity contribution >= 4 is 33.8 Å². The lowest BCUT2D eigenvalue weighted by Crippen LogP contribution is -2.11. The molecule has 0 amide bonds. The molecule has 4 rings (SSSR count). The molecule has 0 N–H and O–H groups in total. The average molecular weight is 502 g/mol. The van der Waals surface area contributed by atoms with Crippen LogP contribution in [0.2, 0.25) is 0 Å². The molecule has 0 atom stereocenters. The van der Waals surface area contributed by atoms with E-state index < -0.39 is 0 Å². The standard InChI is InChI=1S/C29H27NO5S/c1-32-27-15-20(14-22(36)16-21(31)13-19-7-5-4-6-8-19)9-10-26(27)35-25-11-12-30-24-18-29(34-3)28(33-2)17-23(24)25/h4-12,15,17-18H,13-14,16H2,1-3H3. The van der Waals surface area contributed by atoms with Crippen LogP contribution in [0.3, 0.4) is 0 Å². The Morgan fingerprint density at radius 1 is 0.750 bits per heavy atom. The van der Waals surface area contributed by atoms with E-state index in [4.69, 9.17) is 31.2 Å². The van der Waals surface area contributed by atoms with Gasteiger partial charge in [-0.1, -0.05) is 48.6 Å². The topological polar surface area (TPSA) is 66.9 Å². The number of Topliss-reactive ketones (excluding diaryl/α,β-unsaturated/α-hetero) is 1. The fourth-order valence-corrected chi connectivity index (χ4v) is 4.28. The van der Waals surface area contributed by atoms with Crippen molar-refractivity contribution in [2.45, 2.75) is 19.3 Å². The minimum atomic E-state index is 0.106. The Hall–Kier alpha value is -3.97. The molecule has 7 heteroatoms. The molecule has 4 aromatic rings. The summed E-state index contributed by atoms with van der Waals surface area (Å²) in [5, 5.41) is 0.777. The van der Waals surface area contributed by atoms with Crippen molar-refractivity contribution in [1.29, 1.82) is 0 Å². The number of carbonyl (C=O) groups is 1. The predicted molar refractivity (Wildman–Crippen MR) is 144 cm³/mol. The van der Waals surface area contributed by atoms with Gasteiger partial charge in [0.25, 0.3) is 0 Å². The number of nitrogens with zero attached hydrogens (tertiary/aromatic N) is 1. The molecule has 0 bridgehead atoms. The van der Waals surface area contributed by atoms with E-state index in [1.165, 1.54) is 0 Å². The van der Waals surface area contributed by atoms with E-state index in [0.29, 0.717) is 52.0 Å². The van der Waals surface area contributed by atoms with Gasteiger partial charge in [0.2, 0.25) is 0 Å². The number of methoxy groups -OCH3 is 3. The number of rotatable bonds is 11. The summed E-state index contributed by atoms with van der Waals surface area (Å²) in [6, 6.07) is 20.8. The molecular formula is C29H27NO5S. The maximum atomic E-state index is 12.4. The van der Waals surface area contributed by atoms with Crippen LogP contribution in [0.1, 0.15) is 17.5 Å². The first-order valence-corrected chi connectivity index (χ1v) is 11.8. The smallest absolute Gasteiger partial charge is 0.169 e. The number of hydrogen-bond acceptors (Lipinski definition) is 7. The highest BCUT2D eigenvalue weighted by Crippen LogP contribution is 2.39. The molecule has 0 radical (unpaired) electrons. The fraction of sp³-hybridized carbons (Fsp3) is 0.207. The highest BCUT2D eigenvalue weighted by Gasteiger charge is 2.15. The summed E-state index contributed by atoms with van der Waals surface area (Å²) in [4.78, 5) is 17.5. The lowest BCUT2D eigenvalue weighted by atomic mass is 10.0. The molecule has 6 nitrogen and oxygen atoms in total. The zero-order chi connectivity index (χ0) is 25.5. The summed E-state index contributed by atoms with van der Waals surface area (Å²) in [6.45, 7) is 0. The van der Waals surface area contributed by atoms with Crippen LogP contribution in [0.4, 0.5) is 0 Å². The molecule has 1 aromatic heterocycles. The van der Waals surface area contributed by atoms with Crippen molar-refractivity contribution < 1.29 is 23.7 Å². The van der Waals surface area contributed by atoms with E-state index in [1.807, 2.05) is 54.6 Å². The summed E-state index contributed by atoms with van der Waals surface area (Å²) >= 11 is 5.52. The second-order valence-electron chi connectivity index (χ2n) is 8.21. The van der Waals surface area contributed by atoms with Gasteiger partial charge in [-0.3, -0.25) is 9.78 Å². The first-order chi connectivity index (χ1) is 17.5. The highest BCUT2D eigenvalue weighted by molar-refractivity contribution is 7.80. The Bertz CT molecular complexity index is 1390. The van der Waals surface area contributed by atoms with Crippen LogP contribution in [0, 0.1) is 0 Å². The molecule has 36 heavy (non-hydrogen) atoms. The number of benzene rings is 3. The Labute approximate surface area is 215 Å². The SMILES string of the molecule is COc1cc2nccc(Oc3ccc(CC(=S)CC(=O)Cc4ccccc4)cc3OC)c2cc1OC. The maximum Gasteiger partial charge on any atom is 0.169 e. The van der Waals surface area contributed by atoms with Gasteiger partial charge in [-0.15, -0.1) is 0 Å². The maximum absolute atomic E-state index is 12.4. The Kier molecular flexibility index (Phi) is 8.13. The van der Waals surface area contributed by atoms with E-state index in [9.17, 15) is 4.79 Å². The normalized spacial score (nSPS) is 10.6. The third-order valence-electron chi connectivity index (χ3n) is 5.69. The van der Waals surface area contributed by atoms with Crippen LogP contribution in [0.25, 0.3) is 10.9 Å². The van der Waals surface area contributed by atoms with Crippen molar-refractivity contribution in [1.82, 2.24) is 4.98 Å². The van der Waals surface area contributed by atoms with Gasteiger partial charge in [0.15, 0.2) is 23.0 Å². The van der Waals surface area contributed by atoms with Gasteiger partial charge in [0, 0.05) is 41.8 Å². The summed E-state index contributed by atoms with van der Waals surface area (Å²) in [7, 11) is 4.76. The van der Waals surface area contributed by atoms with E-state index in [1.54, 1.807) is 39.7 Å². The number of ketones is 1. The predicted octanol–water partition coefficient (Wildman–Crippen LogP) is 6.17. The number of carbonyl (C=O) groups excluding carboxylic acids is 1. The molecule has 0 aliphatic carbocycles. The molecule has 0 saturated carbocycles. The van der Waals surface area contributed by atoms with Crippen molar-refractivity contribution in [3.8, 4) is 28.7 Å². The zero-order valence-electron chi connectivity index (χ0n) is 20.4. The Morgan fingerprint density at radius 3 is 2.17 bits per heavy atom. The van der Waals surface area contributed by atoms with Crippen LogP contribution in [0.15, 0.2) is 72.9 Å². The lowest BCUT2D eigenvalue weighted by Gasteiger charge is -2.15. The number of fused-ring (bicyclic) bond motifs is 1. The quantitative estimate of drug-likeness (QED) is 0.228. The second kappa shape index (κ2) is 11.6. The van der Waals surface area contributed by atoms with Gasteiger partial charge in [-0.25, -0.2) is 0 Å². The van der Waals surface area contributed by atoms with Gasteiger partial charge in [-0.2, -0.15) is 0 Å². The van der Waals surface area contributed by atoms with Gasteiger partial charge >= 0.3 is 0 Å². The van der Waals surface area contributed by atoms with Crippen LogP contribution in [0.5, 0.6) is 28.7 Å². The van der Waals surface area contributed by atoms with Crippen LogP contribution >= 0.6 is 12.2 Å². The monoisotopic (exact) mass is 501 g/mol. The molecule has 3 aromatic carbocycles. The third kappa shape index (κ3) is 5.98. The molecule has 0 aliphatic heterocycles. The molecule has 184 valence electrons. The van der Waals surface area contributed by atoms with Crippen LogP contribution in [-0.2, 0) is 17.6 Å². The first kappa shape index (κ1) is 25.1. The number of aromatic nitrogens is 1. The minimum absolute atomic E-state index is 0.106. The molecule has 0 saturated heterocycles.